The molecule has 0 aliphatic heterocycles. The highest BCUT2D eigenvalue weighted by atomic mass is 16.6. The first-order valence-corrected chi connectivity index (χ1v) is 5.10. The first-order valence-electron chi connectivity index (χ1n) is 5.10. The number of aryl methyl sites for hydroxylation is 1. The predicted octanol–water partition coefficient (Wildman–Crippen LogP) is 1.49. The molecule has 0 aliphatic carbocycles. The molecular weight excluding hydrogens is 238 g/mol. The smallest absolute Gasteiger partial charge is 0.293 e. The van der Waals surface area contributed by atoms with Crippen molar-refractivity contribution in [2.24, 2.45) is 5.73 Å². The van der Waals surface area contributed by atoms with Gasteiger partial charge in [0.25, 0.3) is 11.6 Å². The number of methoxy groups -OCH3 is 1. The van der Waals surface area contributed by atoms with Crippen LogP contribution in [-0.4, -0.2) is 22.9 Å². The summed E-state index contributed by atoms with van der Waals surface area (Å²) in [6, 6.07) is 1.39. The summed E-state index contributed by atoms with van der Waals surface area (Å²) < 4.78 is 5.19. The molecule has 1 aromatic heterocycles. The zero-order chi connectivity index (χ0) is 13.4. The lowest BCUT2D eigenvalue weighted by atomic mass is 10.1. The number of aromatic amines is 1. The Morgan fingerprint density at radius 2 is 2.22 bits per heavy atom. The molecule has 2 rings (SSSR count). The van der Waals surface area contributed by atoms with E-state index in [1.54, 1.807) is 6.92 Å². The molecule has 7 nitrogen and oxygen atoms in total. The number of hydrogen-bond acceptors (Lipinski definition) is 4. The predicted molar refractivity (Wildman–Crippen MR) is 64.8 cm³/mol. The molecular formula is C11H11N3O4. The SMILES string of the molecule is COc1c(C)cc([N+](=O)[O-])c2[nH]cc(C(N)=O)c12. The van der Waals surface area contributed by atoms with Crippen LogP contribution in [0.5, 0.6) is 5.75 Å². The van der Waals surface area contributed by atoms with Crippen LogP contribution in [0.1, 0.15) is 15.9 Å². The number of nitrogens with zero attached hydrogens (tertiary/aromatic N) is 1. The maximum atomic E-state index is 11.3. The highest BCUT2D eigenvalue weighted by Gasteiger charge is 2.23. The second-order valence-corrected chi connectivity index (χ2v) is 3.82. The van der Waals surface area contributed by atoms with Crippen LogP contribution >= 0.6 is 0 Å². The molecule has 0 aliphatic rings. The van der Waals surface area contributed by atoms with Crippen molar-refractivity contribution in [2.45, 2.75) is 6.92 Å². The molecule has 94 valence electrons. The van der Waals surface area contributed by atoms with Gasteiger partial charge >= 0.3 is 0 Å². The molecule has 0 atom stereocenters. The Hall–Kier alpha value is -2.57. The maximum Gasteiger partial charge on any atom is 0.293 e. The van der Waals surface area contributed by atoms with Crippen LogP contribution in [-0.2, 0) is 0 Å². The van der Waals surface area contributed by atoms with Crippen molar-refractivity contribution in [1.82, 2.24) is 4.98 Å². The van der Waals surface area contributed by atoms with Gasteiger partial charge in [0, 0.05) is 12.3 Å². The van der Waals surface area contributed by atoms with E-state index in [1.807, 2.05) is 0 Å². The first kappa shape index (κ1) is 11.9. The summed E-state index contributed by atoms with van der Waals surface area (Å²) in [5.41, 5.74) is 6.10. The number of nitro benzene ring substituents is 1. The van der Waals surface area contributed by atoms with Crippen molar-refractivity contribution in [3.63, 3.8) is 0 Å². The third-order valence-corrected chi connectivity index (χ3v) is 2.74. The highest BCUT2D eigenvalue weighted by molar-refractivity contribution is 6.10. The number of primary amides is 1. The average molecular weight is 249 g/mol. The van der Waals surface area contributed by atoms with Gasteiger partial charge in [-0.15, -0.1) is 0 Å². The van der Waals surface area contributed by atoms with Crippen molar-refractivity contribution in [3.8, 4) is 5.75 Å². The number of ether oxygens (including phenoxy) is 1. The summed E-state index contributed by atoms with van der Waals surface area (Å²) in [5.74, 6) is -0.259. The monoisotopic (exact) mass is 249 g/mol. The van der Waals surface area contributed by atoms with Crippen LogP contribution in [0.3, 0.4) is 0 Å². The number of non-ortho nitro benzene ring substituents is 1. The second-order valence-electron chi connectivity index (χ2n) is 3.82. The normalized spacial score (nSPS) is 10.6. The Labute approximate surface area is 102 Å². The number of amides is 1. The lowest BCUT2D eigenvalue weighted by Gasteiger charge is -2.07. The quantitative estimate of drug-likeness (QED) is 0.633. The Balaban J connectivity index is 2.96. The standard InChI is InChI=1S/C11H11N3O4/c1-5-3-7(14(16)17)9-8(10(5)18-2)6(4-13-9)11(12)15/h3-4,13H,1-2H3,(H2,12,15). The topological polar surface area (TPSA) is 111 Å². The second kappa shape index (κ2) is 4.02. The molecule has 0 unspecified atom stereocenters. The third-order valence-electron chi connectivity index (χ3n) is 2.74. The summed E-state index contributed by atoms with van der Waals surface area (Å²) in [6.07, 6.45) is 1.35. The van der Waals surface area contributed by atoms with Crippen LogP contribution in [0, 0.1) is 17.0 Å². The van der Waals surface area contributed by atoms with E-state index in [2.05, 4.69) is 4.98 Å². The zero-order valence-electron chi connectivity index (χ0n) is 9.81. The van der Waals surface area contributed by atoms with Crippen molar-refractivity contribution < 1.29 is 14.5 Å². The molecule has 2 aromatic rings. The van der Waals surface area contributed by atoms with Gasteiger partial charge < -0.3 is 15.5 Å². The Bertz CT molecular complexity index is 660. The molecule has 0 saturated carbocycles. The van der Waals surface area contributed by atoms with E-state index in [0.717, 1.165) is 0 Å². The van der Waals surface area contributed by atoms with Gasteiger partial charge in [0.15, 0.2) is 0 Å². The summed E-state index contributed by atoms with van der Waals surface area (Å²) in [5, 5.41) is 11.3. The van der Waals surface area contributed by atoms with E-state index in [0.29, 0.717) is 16.7 Å². The molecule has 7 heteroatoms. The van der Waals surface area contributed by atoms with Gasteiger partial charge in [-0.3, -0.25) is 14.9 Å². The van der Waals surface area contributed by atoms with E-state index in [9.17, 15) is 14.9 Å². The van der Waals surface area contributed by atoms with Crippen molar-refractivity contribution >= 4 is 22.5 Å². The van der Waals surface area contributed by atoms with Gasteiger partial charge in [0.2, 0.25) is 0 Å². The number of carbonyl (C=O) groups is 1. The van der Waals surface area contributed by atoms with Crippen LogP contribution in [0.25, 0.3) is 10.9 Å². The van der Waals surface area contributed by atoms with Gasteiger partial charge in [0.05, 0.1) is 23.0 Å². The van der Waals surface area contributed by atoms with Crippen molar-refractivity contribution in [2.75, 3.05) is 7.11 Å². The number of carbonyl (C=O) groups excluding carboxylic acids is 1. The van der Waals surface area contributed by atoms with E-state index in [-0.39, 0.29) is 16.8 Å². The molecule has 3 N–H and O–H groups in total. The Morgan fingerprint density at radius 3 is 2.72 bits per heavy atom. The first-order chi connectivity index (χ1) is 8.47. The number of nitro groups is 1. The number of hydrogen-bond donors (Lipinski definition) is 2. The third kappa shape index (κ3) is 1.56. The largest absolute Gasteiger partial charge is 0.496 e. The molecule has 0 spiro atoms. The van der Waals surface area contributed by atoms with Crippen molar-refractivity contribution in [3.05, 3.63) is 33.5 Å². The number of rotatable bonds is 3. The van der Waals surface area contributed by atoms with E-state index >= 15 is 0 Å². The van der Waals surface area contributed by atoms with E-state index in [4.69, 9.17) is 10.5 Å². The van der Waals surface area contributed by atoms with E-state index in [1.165, 1.54) is 19.4 Å². The van der Waals surface area contributed by atoms with Crippen molar-refractivity contribution in [1.29, 1.82) is 0 Å². The van der Waals surface area contributed by atoms with Gasteiger partial charge in [-0.25, -0.2) is 0 Å². The average Bonchev–Trinajstić information content (AvgIpc) is 2.72. The molecule has 0 saturated heterocycles. The van der Waals surface area contributed by atoms with Gasteiger partial charge in [0.1, 0.15) is 11.3 Å². The number of nitrogens with one attached hydrogen (secondary N) is 1. The fourth-order valence-electron chi connectivity index (χ4n) is 2.00. The van der Waals surface area contributed by atoms with Crippen LogP contribution in [0.15, 0.2) is 12.3 Å². The Kier molecular flexibility index (Phi) is 2.66. The lowest BCUT2D eigenvalue weighted by Crippen LogP contribution is -2.10. The number of benzene rings is 1. The van der Waals surface area contributed by atoms with Crippen LogP contribution in [0.4, 0.5) is 5.69 Å². The molecule has 1 heterocycles. The molecule has 18 heavy (non-hydrogen) atoms. The lowest BCUT2D eigenvalue weighted by molar-refractivity contribution is -0.383. The number of nitrogens with two attached hydrogens (primary N) is 1. The number of H-pyrrole nitrogens is 1. The van der Waals surface area contributed by atoms with Crippen LogP contribution in [0.2, 0.25) is 0 Å². The fourth-order valence-corrected chi connectivity index (χ4v) is 2.00. The summed E-state index contributed by atoms with van der Waals surface area (Å²) >= 11 is 0. The minimum Gasteiger partial charge on any atom is -0.496 e. The zero-order valence-corrected chi connectivity index (χ0v) is 9.81. The minimum atomic E-state index is -0.667. The Morgan fingerprint density at radius 1 is 1.56 bits per heavy atom. The summed E-state index contributed by atoms with van der Waals surface area (Å²) in [7, 11) is 1.44. The van der Waals surface area contributed by atoms with Gasteiger partial charge in [-0.05, 0) is 12.5 Å². The summed E-state index contributed by atoms with van der Waals surface area (Å²) in [6.45, 7) is 1.67. The maximum absolute atomic E-state index is 11.3. The molecule has 1 aromatic carbocycles. The molecule has 1 amide bonds. The highest BCUT2D eigenvalue weighted by Crippen LogP contribution is 2.37. The van der Waals surface area contributed by atoms with Gasteiger partial charge in [-0.2, -0.15) is 0 Å². The number of fused-ring (bicyclic) bond motifs is 1. The number of aromatic nitrogens is 1. The molecule has 0 fully saturated rings. The molecule has 0 bridgehead atoms. The fraction of sp³-hybridized carbons (Fsp3) is 0.182. The minimum absolute atomic E-state index is 0.115. The van der Waals surface area contributed by atoms with Gasteiger partial charge in [-0.1, -0.05) is 0 Å². The molecule has 0 radical (unpaired) electrons. The van der Waals surface area contributed by atoms with E-state index < -0.39 is 10.8 Å². The summed E-state index contributed by atoms with van der Waals surface area (Å²) in [4.78, 5) is 24.5. The van der Waals surface area contributed by atoms with Crippen LogP contribution < -0.4 is 10.5 Å².